The maximum Gasteiger partial charge on any atom is 0.308 e. The Morgan fingerprint density at radius 1 is 1.22 bits per heavy atom. The molecule has 3 aromatic rings. The van der Waals surface area contributed by atoms with E-state index in [1.807, 2.05) is 18.2 Å². The fraction of sp³-hybridized carbons (Fsp3) is 0.448. The minimum atomic E-state index is -0.828. The molecule has 1 saturated heterocycles. The second-order valence-corrected chi connectivity index (χ2v) is 9.84. The van der Waals surface area contributed by atoms with Crippen LogP contribution in [0.1, 0.15) is 49.3 Å². The number of carboxylic acid groups (broad SMARTS) is 1. The lowest BCUT2D eigenvalue weighted by Crippen LogP contribution is -2.44. The van der Waals surface area contributed by atoms with Crippen LogP contribution in [0.5, 0.6) is 5.75 Å². The van der Waals surface area contributed by atoms with Crippen molar-refractivity contribution >= 4 is 16.9 Å². The van der Waals surface area contributed by atoms with Gasteiger partial charge in [0.15, 0.2) is 11.6 Å². The number of hydrogen-bond donors (Lipinski definition) is 2. The van der Waals surface area contributed by atoms with E-state index in [1.165, 1.54) is 6.07 Å². The van der Waals surface area contributed by atoms with Crippen LogP contribution in [-0.4, -0.2) is 52.8 Å². The molecule has 2 heterocycles. The van der Waals surface area contributed by atoms with Crippen molar-refractivity contribution in [1.82, 2.24) is 9.88 Å². The number of nitrogens with zero attached hydrogens (tertiary/aromatic N) is 2. The van der Waals surface area contributed by atoms with E-state index in [4.69, 9.17) is 4.74 Å². The number of rotatable bonds is 11. The van der Waals surface area contributed by atoms with Crippen LogP contribution in [0, 0.1) is 23.5 Å². The largest absolute Gasteiger partial charge is 0.497 e. The second kappa shape index (κ2) is 12.4. The molecule has 0 bridgehead atoms. The monoisotopic (exact) mass is 512 g/mol. The molecule has 0 radical (unpaired) electrons. The predicted molar refractivity (Wildman–Crippen MR) is 137 cm³/mol. The third-order valence-corrected chi connectivity index (χ3v) is 7.51. The lowest BCUT2D eigenvalue weighted by molar-refractivity contribution is -0.146. The fourth-order valence-electron chi connectivity index (χ4n) is 5.38. The summed E-state index contributed by atoms with van der Waals surface area (Å²) in [5, 5.41) is 21.7. The minimum Gasteiger partial charge on any atom is -0.497 e. The number of ether oxygens (including phenoxy) is 1. The second-order valence-electron chi connectivity index (χ2n) is 9.84. The smallest absolute Gasteiger partial charge is 0.308 e. The van der Waals surface area contributed by atoms with Crippen molar-refractivity contribution < 1.29 is 28.5 Å². The zero-order chi connectivity index (χ0) is 26.4. The van der Waals surface area contributed by atoms with Crippen molar-refractivity contribution in [2.75, 3.05) is 26.7 Å². The van der Waals surface area contributed by atoms with Crippen LogP contribution < -0.4 is 4.74 Å². The van der Waals surface area contributed by atoms with Crippen LogP contribution in [0.25, 0.3) is 10.9 Å². The number of benzene rings is 2. The van der Waals surface area contributed by atoms with Gasteiger partial charge in [-0.25, -0.2) is 8.78 Å². The number of aliphatic carboxylic acids is 1. The molecule has 0 amide bonds. The number of aromatic nitrogens is 1. The number of pyridine rings is 1. The molecule has 1 fully saturated rings. The molecule has 2 N–H and O–H groups in total. The molecule has 8 heteroatoms. The number of unbranched alkanes of at least 4 members (excludes halogenated alkanes) is 1. The quantitative estimate of drug-likeness (QED) is 0.336. The first-order valence-electron chi connectivity index (χ1n) is 12.9. The first-order chi connectivity index (χ1) is 17.9. The van der Waals surface area contributed by atoms with Crippen LogP contribution in [-0.2, 0) is 11.2 Å². The van der Waals surface area contributed by atoms with Gasteiger partial charge in [0.2, 0.25) is 0 Å². The molecule has 1 aliphatic heterocycles. The Balaban J connectivity index is 1.30. The summed E-state index contributed by atoms with van der Waals surface area (Å²) in [5.74, 6) is -2.26. The van der Waals surface area contributed by atoms with Gasteiger partial charge in [-0.05, 0) is 99.0 Å². The SMILES string of the molecule is COc1ccc2nccc([C@@H](O)CC[C@@H]3CCN(CCCCc4cccc(F)c4F)C[C@@H]3C(=O)O)c2c1. The molecule has 37 heavy (non-hydrogen) atoms. The third kappa shape index (κ3) is 6.62. The van der Waals surface area contributed by atoms with Gasteiger partial charge >= 0.3 is 5.97 Å². The summed E-state index contributed by atoms with van der Waals surface area (Å²) in [6, 6.07) is 11.6. The van der Waals surface area contributed by atoms with Gasteiger partial charge in [0.05, 0.1) is 24.6 Å². The first-order valence-corrected chi connectivity index (χ1v) is 12.9. The Hall–Kier alpha value is -3.10. The molecule has 0 aliphatic carbocycles. The van der Waals surface area contributed by atoms with Gasteiger partial charge in [-0.15, -0.1) is 0 Å². The van der Waals surface area contributed by atoms with E-state index in [9.17, 15) is 23.8 Å². The van der Waals surface area contributed by atoms with E-state index >= 15 is 0 Å². The van der Waals surface area contributed by atoms with Crippen LogP contribution in [0.4, 0.5) is 8.78 Å². The Morgan fingerprint density at radius 2 is 2.05 bits per heavy atom. The average molecular weight is 513 g/mol. The number of piperidine rings is 1. The maximum absolute atomic E-state index is 13.8. The third-order valence-electron chi connectivity index (χ3n) is 7.51. The van der Waals surface area contributed by atoms with Gasteiger partial charge < -0.3 is 19.8 Å². The zero-order valence-corrected chi connectivity index (χ0v) is 21.1. The van der Waals surface area contributed by atoms with E-state index in [2.05, 4.69) is 9.88 Å². The standard InChI is InChI=1S/C29H34F2N2O4/c1-37-21-9-10-26-23(17-21)22(12-14-32-26)27(34)11-8-19-13-16-33(18-24(19)29(35)36)15-3-2-5-20-6-4-7-25(30)28(20)31/h4,6-7,9-10,12,14,17,19,24,27,34H,2-3,5,8,11,13,15-16,18H2,1H3,(H,35,36)/t19-,24+,27+/m1/s1. The van der Waals surface area contributed by atoms with Crippen molar-refractivity contribution in [1.29, 1.82) is 0 Å². The van der Waals surface area contributed by atoms with Gasteiger partial charge in [0, 0.05) is 18.1 Å². The topological polar surface area (TPSA) is 82.9 Å². The number of aliphatic hydroxyl groups excluding tert-OH is 1. The van der Waals surface area contributed by atoms with E-state index < -0.39 is 29.6 Å². The lowest BCUT2D eigenvalue weighted by atomic mass is 9.81. The van der Waals surface area contributed by atoms with Crippen molar-refractivity contribution in [2.24, 2.45) is 11.8 Å². The normalized spacial score (nSPS) is 19.1. The molecular weight excluding hydrogens is 478 g/mol. The number of carboxylic acids is 1. The predicted octanol–water partition coefficient (Wildman–Crippen LogP) is 5.38. The Labute approximate surface area is 215 Å². The molecule has 4 rings (SSSR count). The summed E-state index contributed by atoms with van der Waals surface area (Å²) in [5.41, 5.74) is 1.92. The summed E-state index contributed by atoms with van der Waals surface area (Å²) in [7, 11) is 1.59. The number of methoxy groups -OCH3 is 1. The Bertz CT molecular complexity index is 1220. The molecule has 6 nitrogen and oxygen atoms in total. The Morgan fingerprint density at radius 3 is 2.84 bits per heavy atom. The molecule has 198 valence electrons. The maximum atomic E-state index is 13.8. The average Bonchev–Trinajstić information content (AvgIpc) is 2.91. The van der Waals surface area contributed by atoms with Crippen LogP contribution >= 0.6 is 0 Å². The lowest BCUT2D eigenvalue weighted by Gasteiger charge is -2.37. The summed E-state index contributed by atoms with van der Waals surface area (Å²) in [4.78, 5) is 18.6. The summed E-state index contributed by atoms with van der Waals surface area (Å²) < 4.78 is 32.5. The first kappa shape index (κ1) is 26.9. The molecular formula is C29H34F2N2O4. The highest BCUT2D eigenvalue weighted by atomic mass is 19.2. The number of carbonyl (C=O) groups is 1. The van der Waals surface area contributed by atoms with Crippen molar-refractivity contribution in [3.8, 4) is 5.75 Å². The number of likely N-dealkylation sites (tertiary alicyclic amines) is 1. The molecule has 0 unspecified atom stereocenters. The van der Waals surface area contributed by atoms with E-state index in [0.717, 1.165) is 48.5 Å². The minimum absolute atomic E-state index is 0.0209. The van der Waals surface area contributed by atoms with Crippen molar-refractivity contribution in [3.05, 3.63) is 71.4 Å². The highest BCUT2D eigenvalue weighted by Gasteiger charge is 2.34. The van der Waals surface area contributed by atoms with Gasteiger partial charge in [-0.2, -0.15) is 0 Å². The number of aliphatic hydroxyl groups is 1. The fourth-order valence-corrected chi connectivity index (χ4v) is 5.38. The van der Waals surface area contributed by atoms with E-state index in [0.29, 0.717) is 43.5 Å². The highest BCUT2D eigenvalue weighted by molar-refractivity contribution is 5.83. The van der Waals surface area contributed by atoms with Gasteiger partial charge in [0.25, 0.3) is 0 Å². The van der Waals surface area contributed by atoms with Crippen molar-refractivity contribution in [2.45, 2.75) is 44.6 Å². The summed E-state index contributed by atoms with van der Waals surface area (Å²) >= 11 is 0. The molecule has 0 spiro atoms. The number of halogens is 2. The molecule has 0 saturated carbocycles. The van der Waals surface area contributed by atoms with Gasteiger partial charge in [0.1, 0.15) is 5.75 Å². The van der Waals surface area contributed by atoms with Crippen LogP contribution in [0.15, 0.2) is 48.7 Å². The number of fused-ring (bicyclic) bond motifs is 1. The zero-order valence-electron chi connectivity index (χ0n) is 21.1. The Kier molecular flexibility index (Phi) is 9.05. The van der Waals surface area contributed by atoms with Gasteiger partial charge in [-0.1, -0.05) is 12.1 Å². The van der Waals surface area contributed by atoms with E-state index in [-0.39, 0.29) is 5.92 Å². The highest BCUT2D eigenvalue weighted by Crippen LogP contribution is 2.34. The summed E-state index contributed by atoms with van der Waals surface area (Å²) in [6.45, 7) is 1.97. The van der Waals surface area contributed by atoms with Crippen LogP contribution in [0.2, 0.25) is 0 Å². The molecule has 2 aromatic carbocycles. The number of aryl methyl sites for hydroxylation is 1. The van der Waals surface area contributed by atoms with Gasteiger partial charge in [-0.3, -0.25) is 9.78 Å². The molecule has 1 aromatic heterocycles. The number of hydrogen-bond acceptors (Lipinski definition) is 5. The summed E-state index contributed by atoms with van der Waals surface area (Å²) in [6.07, 6.45) is 4.70. The molecule has 3 atom stereocenters. The van der Waals surface area contributed by atoms with Crippen LogP contribution in [0.3, 0.4) is 0 Å². The van der Waals surface area contributed by atoms with Crippen molar-refractivity contribution in [3.63, 3.8) is 0 Å². The molecule has 1 aliphatic rings. The van der Waals surface area contributed by atoms with E-state index in [1.54, 1.807) is 25.4 Å².